The summed E-state index contributed by atoms with van der Waals surface area (Å²) in [6.45, 7) is 14.1. The van der Waals surface area contributed by atoms with Crippen LogP contribution in [-0.4, -0.2) is 12.5 Å². The third-order valence-corrected chi connectivity index (χ3v) is 30.2. The van der Waals surface area contributed by atoms with Crippen molar-refractivity contribution in [2.45, 2.75) is 40.0 Å². The summed E-state index contributed by atoms with van der Waals surface area (Å²) >= 11 is 1.82. The summed E-state index contributed by atoms with van der Waals surface area (Å²) in [5.41, 5.74) is 2.70. The van der Waals surface area contributed by atoms with Crippen molar-refractivity contribution in [2.75, 3.05) is 0 Å². The Kier molecular flexibility index (Phi) is 12.9. The molecule has 4 aromatic carbocycles. The molecule has 0 heterocycles. The molecule has 0 spiro atoms. The minimum Gasteiger partial charge on any atom is -1.00 e. The Balaban J connectivity index is 0.000000401. The second-order valence-corrected chi connectivity index (χ2v) is 29.9. The molecule has 0 aliphatic heterocycles. The minimum absolute atomic E-state index is 0. The molecule has 0 aromatic heterocycles. The van der Waals surface area contributed by atoms with E-state index in [0.717, 1.165) is 0 Å². The van der Waals surface area contributed by atoms with Gasteiger partial charge in [0.2, 0.25) is 0 Å². The van der Waals surface area contributed by atoms with E-state index >= 15 is 0 Å². The first kappa shape index (κ1) is 28.6. The fourth-order valence-electron chi connectivity index (χ4n) is 2.61. The van der Waals surface area contributed by atoms with Crippen LogP contribution in [0.15, 0.2) is 72.8 Å². The molecule has 0 saturated heterocycles. The van der Waals surface area contributed by atoms with E-state index in [2.05, 4.69) is 113 Å². The van der Waals surface area contributed by atoms with Crippen molar-refractivity contribution < 1.29 is 48.1 Å². The van der Waals surface area contributed by atoms with Crippen molar-refractivity contribution in [1.82, 2.24) is 0 Å². The van der Waals surface area contributed by atoms with E-state index in [0.29, 0.717) is 0 Å². The van der Waals surface area contributed by atoms with Crippen LogP contribution in [0.2, 0.25) is 26.2 Å². The molecule has 154 valence electrons. The van der Waals surface area contributed by atoms with E-state index in [4.69, 9.17) is 0 Å². The first-order valence-corrected chi connectivity index (χ1v) is 19.7. The SMILES string of the molecule is C[Si](=[Zr+2])[Si](C)(C)C.Cc1cc2ccccc2[cH-]1.Cc1cc2ccccc2[cH-]1.[Cl-].[Cl-]. The van der Waals surface area contributed by atoms with Crippen LogP contribution in [-0.2, 0) is 23.3 Å². The van der Waals surface area contributed by atoms with Gasteiger partial charge in [0.1, 0.15) is 0 Å². The van der Waals surface area contributed by atoms with Crippen molar-refractivity contribution in [3.05, 3.63) is 83.9 Å². The Morgan fingerprint density at radius 3 is 1.31 bits per heavy atom. The van der Waals surface area contributed by atoms with Crippen molar-refractivity contribution in [1.29, 1.82) is 0 Å². The van der Waals surface area contributed by atoms with Gasteiger partial charge in [-0.05, 0) is 0 Å². The molecule has 0 fully saturated rings. The smallest absolute Gasteiger partial charge is 0.0579 e. The Morgan fingerprint density at radius 2 is 1.03 bits per heavy atom. The number of fused-ring (bicyclic) bond motifs is 2. The Hall–Kier alpha value is -0.443. The molecule has 0 aliphatic rings. The number of aryl methyl sites for hydroxylation is 2. The molecule has 0 aliphatic carbocycles. The predicted octanol–water partition coefficient (Wildman–Crippen LogP) is 1.31. The van der Waals surface area contributed by atoms with Gasteiger partial charge in [0.25, 0.3) is 0 Å². The summed E-state index contributed by atoms with van der Waals surface area (Å²) in [6, 6.07) is 25.7. The zero-order chi connectivity index (χ0) is 20.0. The standard InChI is InChI=1S/2C10H9.C4H12Si2.2ClH.Zr/c2*1-8-6-9-4-2-3-5-10(9)7-8;1-5-6(2,3)4;;;/h2*2-7H,1H3;1-4H3;2*1H;/q2*-1;;;;+2/p-2. The third-order valence-electron chi connectivity index (χ3n) is 4.65. The Bertz CT molecular complexity index is 888. The summed E-state index contributed by atoms with van der Waals surface area (Å²) in [5, 5.41) is 5.39. The summed E-state index contributed by atoms with van der Waals surface area (Å²) in [6.07, 6.45) is 0. The maximum Gasteiger partial charge on any atom is -0.0579 e. The molecule has 0 bridgehead atoms. The zero-order valence-corrected chi connectivity index (χ0v) is 24.2. The van der Waals surface area contributed by atoms with Gasteiger partial charge in [0.15, 0.2) is 0 Å². The van der Waals surface area contributed by atoms with Crippen molar-refractivity contribution >= 4 is 34.1 Å². The molecule has 4 aromatic rings. The fraction of sp³-hybridized carbons (Fsp3) is 0.250. The zero-order valence-electron chi connectivity index (χ0n) is 18.2. The van der Waals surface area contributed by atoms with Crippen LogP contribution in [0.4, 0.5) is 0 Å². The maximum atomic E-state index is 2.47. The van der Waals surface area contributed by atoms with Gasteiger partial charge in [-0.2, -0.15) is 12.1 Å². The molecule has 4 rings (SSSR count). The number of hydrogen-bond donors (Lipinski definition) is 0. The summed E-state index contributed by atoms with van der Waals surface area (Å²) in [4.78, 5) is 0.179. The molecule has 0 N–H and O–H groups in total. The monoisotopic (exact) mass is 534 g/mol. The molecule has 5 heteroatoms. The van der Waals surface area contributed by atoms with Crippen LogP contribution in [0.5, 0.6) is 0 Å². The van der Waals surface area contributed by atoms with Crippen LogP contribution in [0.25, 0.3) is 21.5 Å². The summed E-state index contributed by atoms with van der Waals surface area (Å²) < 4.78 is 0. The van der Waals surface area contributed by atoms with Crippen LogP contribution >= 0.6 is 0 Å². The van der Waals surface area contributed by atoms with Gasteiger partial charge in [-0.15, -0.1) is 81.2 Å². The van der Waals surface area contributed by atoms with Gasteiger partial charge in [0.05, 0.1) is 0 Å². The number of halogens is 2. The van der Waals surface area contributed by atoms with Crippen molar-refractivity contribution in [3.63, 3.8) is 0 Å². The maximum absolute atomic E-state index is 2.47. The molecule has 0 atom stereocenters. The van der Waals surface area contributed by atoms with E-state index in [1.165, 1.54) is 32.7 Å². The van der Waals surface area contributed by atoms with Crippen molar-refractivity contribution in [3.8, 4) is 0 Å². The van der Waals surface area contributed by atoms with Crippen LogP contribution in [0.1, 0.15) is 11.1 Å². The normalized spacial score (nSPS) is 10.1. The number of hydrogen-bond acceptors (Lipinski definition) is 0. The molecule has 0 nitrogen and oxygen atoms in total. The second kappa shape index (κ2) is 13.1. The topological polar surface area (TPSA) is 0 Å². The molecular formula is C24H30Cl2Si2Zr-2. The van der Waals surface area contributed by atoms with Crippen LogP contribution in [0, 0.1) is 13.8 Å². The van der Waals surface area contributed by atoms with Gasteiger partial charge >= 0.3 is 62.1 Å². The Labute approximate surface area is 204 Å². The van der Waals surface area contributed by atoms with Gasteiger partial charge in [-0.1, -0.05) is 26.0 Å². The third kappa shape index (κ3) is 9.49. The van der Waals surface area contributed by atoms with E-state index in [1.54, 1.807) is 0 Å². The quantitative estimate of drug-likeness (QED) is 0.254. The molecule has 0 amide bonds. The first-order chi connectivity index (χ1) is 12.7. The van der Waals surface area contributed by atoms with E-state index in [9.17, 15) is 0 Å². The van der Waals surface area contributed by atoms with Crippen LogP contribution < -0.4 is 24.8 Å². The minimum atomic E-state index is -0.593. The molecule has 0 saturated carbocycles. The fourth-order valence-corrected chi connectivity index (χ4v) is 2.61. The van der Waals surface area contributed by atoms with E-state index in [-0.39, 0.29) is 29.8 Å². The predicted molar refractivity (Wildman–Crippen MR) is 124 cm³/mol. The molecular weight excluding hydrogens is 507 g/mol. The van der Waals surface area contributed by atoms with Crippen molar-refractivity contribution in [2.24, 2.45) is 0 Å². The molecule has 0 radical (unpaired) electrons. The van der Waals surface area contributed by atoms with Gasteiger partial charge in [0, 0.05) is 0 Å². The van der Waals surface area contributed by atoms with Crippen LogP contribution in [0.3, 0.4) is 0 Å². The second-order valence-electron chi connectivity index (χ2n) is 8.20. The molecule has 29 heavy (non-hydrogen) atoms. The largest absolute Gasteiger partial charge is 1.00 e. The van der Waals surface area contributed by atoms with Gasteiger partial charge in [-0.3, -0.25) is 0 Å². The Morgan fingerprint density at radius 1 is 0.724 bits per heavy atom. The van der Waals surface area contributed by atoms with Gasteiger partial charge in [-0.25, -0.2) is 0 Å². The average Bonchev–Trinajstić information content (AvgIpc) is 3.15. The number of rotatable bonds is 1. The first-order valence-electron chi connectivity index (χ1n) is 9.46. The van der Waals surface area contributed by atoms with E-state index < -0.39 is 7.59 Å². The number of benzene rings is 2. The molecule has 0 unspecified atom stereocenters. The van der Waals surface area contributed by atoms with Gasteiger partial charge < -0.3 is 24.8 Å². The average molecular weight is 537 g/mol. The summed E-state index contributed by atoms with van der Waals surface area (Å²) in [5.74, 6) is 0. The van der Waals surface area contributed by atoms with E-state index in [1.807, 2.05) is 23.3 Å². The summed E-state index contributed by atoms with van der Waals surface area (Å²) in [7, 11) is -0.593.